The molecule has 0 aromatic heterocycles. The van der Waals surface area contributed by atoms with Gasteiger partial charge in [-0.1, -0.05) is 0 Å². The molecule has 1 saturated carbocycles. The molecule has 76 valence electrons. The summed E-state index contributed by atoms with van der Waals surface area (Å²) in [6.45, 7) is 2.41. The minimum atomic E-state index is -3.45. The van der Waals surface area contributed by atoms with Gasteiger partial charge in [0.15, 0.2) is 0 Å². The maximum absolute atomic E-state index is 11.2. The van der Waals surface area contributed by atoms with Crippen LogP contribution in [0.15, 0.2) is 0 Å². The zero-order valence-corrected chi connectivity index (χ0v) is 8.21. The van der Waals surface area contributed by atoms with Gasteiger partial charge in [-0.05, 0) is 13.3 Å². The molecule has 2 aliphatic rings. The van der Waals surface area contributed by atoms with Crippen molar-refractivity contribution < 1.29 is 17.9 Å². The molecule has 0 bridgehead atoms. The molecule has 5 nitrogen and oxygen atoms in total. The Morgan fingerprint density at radius 2 is 2.23 bits per heavy atom. The van der Waals surface area contributed by atoms with Gasteiger partial charge in [-0.3, -0.25) is 0 Å². The number of ether oxygens (including phenoxy) is 2. The van der Waals surface area contributed by atoms with Gasteiger partial charge in [0.25, 0.3) is 0 Å². The fourth-order valence-corrected chi connectivity index (χ4v) is 2.80. The van der Waals surface area contributed by atoms with Crippen molar-refractivity contribution in [2.45, 2.75) is 24.2 Å². The minimum Gasteiger partial charge on any atom is -0.353 e. The first-order valence-electron chi connectivity index (χ1n) is 4.17. The normalized spacial score (nSPS) is 45.1. The Balaban J connectivity index is 2.08. The van der Waals surface area contributed by atoms with Crippen molar-refractivity contribution in [3.05, 3.63) is 0 Å². The molecule has 13 heavy (non-hydrogen) atoms. The van der Waals surface area contributed by atoms with E-state index < -0.39 is 14.8 Å². The summed E-state index contributed by atoms with van der Waals surface area (Å²) in [5.41, 5.74) is 0. The summed E-state index contributed by atoms with van der Waals surface area (Å²) in [6, 6.07) is 0. The average Bonchev–Trinajstić information content (AvgIpc) is 2.51. The van der Waals surface area contributed by atoms with Gasteiger partial charge in [0.1, 0.15) is 6.79 Å². The van der Waals surface area contributed by atoms with Crippen LogP contribution in [-0.4, -0.2) is 32.7 Å². The van der Waals surface area contributed by atoms with Crippen molar-refractivity contribution in [2.75, 3.05) is 13.4 Å². The molecule has 3 unspecified atom stereocenters. The molecule has 6 heteroatoms. The van der Waals surface area contributed by atoms with Crippen molar-refractivity contribution in [2.24, 2.45) is 11.1 Å². The Morgan fingerprint density at radius 1 is 1.54 bits per heavy atom. The third-order valence-corrected chi connectivity index (χ3v) is 4.77. The van der Waals surface area contributed by atoms with Gasteiger partial charge < -0.3 is 9.47 Å². The summed E-state index contributed by atoms with van der Waals surface area (Å²) in [6.07, 6.45) is 0.489. The lowest BCUT2D eigenvalue weighted by molar-refractivity contribution is 0.0400. The van der Waals surface area contributed by atoms with E-state index in [9.17, 15) is 8.42 Å². The molecule has 0 aromatic carbocycles. The lowest BCUT2D eigenvalue weighted by Crippen LogP contribution is -2.32. The Labute approximate surface area is 77.2 Å². The number of hydrogen-bond acceptors (Lipinski definition) is 4. The monoisotopic (exact) mass is 207 g/mol. The van der Waals surface area contributed by atoms with E-state index >= 15 is 0 Å². The maximum atomic E-state index is 11.2. The van der Waals surface area contributed by atoms with Crippen LogP contribution < -0.4 is 5.14 Å². The number of primary sulfonamides is 1. The highest BCUT2D eigenvalue weighted by atomic mass is 32.2. The van der Waals surface area contributed by atoms with Gasteiger partial charge in [-0.15, -0.1) is 0 Å². The molecule has 1 saturated heterocycles. The summed E-state index contributed by atoms with van der Waals surface area (Å²) in [5, 5.41) is 5.11. The number of hydrogen-bond donors (Lipinski definition) is 1. The van der Waals surface area contributed by atoms with Crippen LogP contribution in [-0.2, 0) is 19.5 Å². The van der Waals surface area contributed by atoms with Crippen LogP contribution in [0.25, 0.3) is 0 Å². The molecule has 1 aliphatic carbocycles. The zero-order chi connectivity index (χ0) is 9.69. The number of nitrogens with two attached hydrogens (primary N) is 1. The van der Waals surface area contributed by atoms with E-state index in [2.05, 4.69) is 0 Å². The average molecular weight is 207 g/mol. The standard InChI is InChI=1S/C7H13NO4S/c1-7(13(8,9)10)2-5(7)6-3-11-4-12-6/h5-6H,2-4H2,1H3,(H2,8,9,10). The first kappa shape index (κ1) is 9.39. The second kappa shape index (κ2) is 2.66. The molecule has 0 amide bonds. The molecule has 2 N–H and O–H groups in total. The summed E-state index contributed by atoms with van der Waals surface area (Å²) in [7, 11) is -3.45. The van der Waals surface area contributed by atoms with Crippen LogP contribution in [0.2, 0.25) is 0 Å². The van der Waals surface area contributed by atoms with E-state index in [1.165, 1.54) is 0 Å². The summed E-state index contributed by atoms with van der Waals surface area (Å²) >= 11 is 0. The topological polar surface area (TPSA) is 78.6 Å². The predicted molar refractivity (Wildman–Crippen MR) is 45.3 cm³/mol. The van der Waals surface area contributed by atoms with E-state index in [1.54, 1.807) is 6.92 Å². The molecule has 1 aliphatic heterocycles. The molecule has 1 heterocycles. The third-order valence-electron chi connectivity index (χ3n) is 3.00. The molecule has 2 fully saturated rings. The third kappa shape index (κ3) is 1.38. The van der Waals surface area contributed by atoms with Crippen molar-refractivity contribution >= 4 is 10.0 Å². The van der Waals surface area contributed by atoms with Gasteiger partial charge in [0, 0.05) is 5.92 Å². The van der Waals surface area contributed by atoms with Gasteiger partial charge in [0.2, 0.25) is 10.0 Å². The van der Waals surface area contributed by atoms with E-state index in [0.29, 0.717) is 13.0 Å². The SMILES string of the molecule is CC1(S(N)(=O)=O)CC1C1COCO1. The van der Waals surface area contributed by atoms with Crippen LogP contribution in [0.5, 0.6) is 0 Å². The van der Waals surface area contributed by atoms with Crippen molar-refractivity contribution in [3.63, 3.8) is 0 Å². The lowest BCUT2D eigenvalue weighted by atomic mass is 10.2. The van der Waals surface area contributed by atoms with Gasteiger partial charge in [-0.25, -0.2) is 13.6 Å². The van der Waals surface area contributed by atoms with Crippen molar-refractivity contribution in [3.8, 4) is 0 Å². The number of rotatable bonds is 2. The van der Waals surface area contributed by atoms with Crippen molar-refractivity contribution in [1.29, 1.82) is 0 Å². The smallest absolute Gasteiger partial charge is 0.214 e. The Hall–Kier alpha value is -0.170. The largest absolute Gasteiger partial charge is 0.353 e. The molecule has 0 aromatic rings. The fraction of sp³-hybridized carbons (Fsp3) is 1.00. The Morgan fingerprint density at radius 3 is 2.62 bits per heavy atom. The quantitative estimate of drug-likeness (QED) is 0.657. The van der Waals surface area contributed by atoms with E-state index in [0.717, 1.165) is 0 Å². The second-order valence-electron chi connectivity index (χ2n) is 3.86. The van der Waals surface area contributed by atoms with Crippen LogP contribution in [0.3, 0.4) is 0 Å². The maximum Gasteiger partial charge on any atom is 0.214 e. The lowest BCUT2D eigenvalue weighted by Gasteiger charge is -2.11. The molecule has 0 radical (unpaired) electrons. The van der Waals surface area contributed by atoms with Crippen LogP contribution in [0, 0.1) is 5.92 Å². The predicted octanol–water partition coefficient (Wildman–Crippen LogP) is -0.574. The summed E-state index contributed by atoms with van der Waals surface area (Å²) in [4.78, 5) is 0. The first-order valence-corrected chi connectivity index (χ1v) is 5.71. The highest BCUT2D eigenvalue weighted by Crippen LogP contribution is 2.52. The molecular weight excluding hydrogens is 194 g/mol. The van der Waals surface area contributed by atoms with Crippen LogP contribution in [0.4, 0.5) is 0 Å². The molecular formula is C7H13NO4S. The van der Waals surface area contributed by atoms with E-state index in [1.807, 2.05) is 0 Å². The van der Waals surface area contributed by atoms with Gasteiger partial charge >= 0.3 is 0 Å². The fourth-order valence-electron chi connectivity index (χ4n) is 1.81. The van der Waals surface area contributed by atoms with Crippen molar-refractivity contribution in [1.82, 2.24) is 0 Å². The van der Waals surface area contributed by atoms with Gasteiger partial charge in [-0.2, -0.15) is 0 Å². The summed E-state index contributed by atoms with van der Waals surface area (Å²) < 4.78 is 31.8. The van der Waals surface area contributed by atoms with Gasteiger partial charge in [0.05, 0.1) is 17.5 Å². The highest BCUT2D eigenvalue weighted by Gasteiger charge is 2.62. The van der Waals surface area contributed by atoms with Crippen LogP contribution in [0.1, 0.15) is 13.3 Å². The highest BCUT2D eigenvalue weighted by molar-refractivity contribution is 7.90. The molecule has 0 spiro atoms. The van der Waals surface area contributed by atoms with E-state index in [4.69, 9.17) is 14.6 Å². The second-order valence-corrected chi connectivity index (χ2v) is 5.88. The Kier molecular flexibility index (Phi) is 1.92. The van der Waals surface area contributed by atoms with Crippen LogP contribution >= 0.6 is 0 Å². The number of sulfonamides is 1. The summed E-state index contributed by atoms with van der Waals surface area (Å²) in [5.74, 6) is 0.00463. The Bertz CT molecular complexity index is 308. The molecule has 2 rings (SSSR count). The zero-order valence-electron chi connectivity index (χ0n) is 7.39. The van der Waals surface area contributed by atoms with E-state index in [-0.39, 0.29) is 18.8 Å². The molecule has 3 atom stereocenters. The minimum absolute atomic E-state index is 0.00463. The first-order chi connectivity index (χ1) is 5.95.